The van der Waals surface area contributed by atoms with Crippen LogP contribution in [0.4, 0.5) is 0 Å². The third-order valence-electron chi connectivity index (χ3n) is 12.2. The van der Waals surface area contributed by atoms with Gasteiger partial charge in [-0.3, -0.25) is 14.4 Å². The maximum atomic E-state index is 10.3. The number of aliphatic hydroxyl groups excluding tert-OH is 1. The van der Waals surface area contributed by atoms with Crippen molar-refractivity contribution in [2.75, 3.05) is 0 Å². The minimum absolute atomic E-state index is 0. The molecule has 68 heavy (non-hydrogen) atoms. The molecule has 4 N–H and O–H groups in total. The Kier molecular flexibility index (Phi) is 50.3. The Hall–Kier alpha value is -1.82. The first-order valence-electron chi connectivity index (χ1n) is 27.7. The zero-order valence-electron chi connectivity index (χ0n) is 44.2. The minimum atomic E-state index is -0.674. The van der Waals surface area contributed by atoms with Gasteiger partial charge in [0.05, 0.1) is 18.3 Å². The number of unbranched alkanes of at least 4 members (excludes halogenated alkanes) is 24. The summed E-state index contributed by atoms with van der Waals surface area (Å²) in [5.41, 5.74) is 0. The molecule has 0 radical (unpaired) electrons. The molecule has 11 heteroatoms. The number of epoxide rings is 3. The Morgan fingerprint density at radius 1 is 0.397 bits per heavy atom. The van der Waals surface area contributed by atoms with Crippen LogP contribution in [0.15, 0.2) is 36.5 Å². The maximum absolute atomic E-state index is 10.3. The fourth-order valence-corrected chi connectivity index (χ4v) is 7.89. The predicted octanol–water partition coefficient (Wildman–Crippen LogP) is 15.7. The normalized spacial score (nSPS) is 20.0. The second kappa shape index (κ2) is 50.1. The third kappa shape index (κ3) is 52.0. The Bertz CT molecular complexity index is 1090. The first kappa shape index (κ1) is 68.3. The predicted molar refractivity (Wildman–Crippen MR) is 277 cm³/mol. The summed E-state index contributed by atoms with van der Waals surface area (Å²) in [5, 5.41) is 33.6. The van der Waals surface area contributed by atoms with E-state index in [1.165, 1.54) is 135 Å². The number of aliphatic hydroxyl groups is 1. The van der Waals surface area contributed by atoms with Crippen molar-refractivity contribution in [2.24, 2.45) is 0 Å². The first-order valence-corrected chi connectivity index (χ1v) is 27.7. The number of carbonyl (C=O) groups is 3. The number of allylic oxidation sites excluding steroid dienone is 3. The fourth-order valence-electron chi connectivity index (χ4n) is 7.89. The molecular formula is C57H104O10Ti. The summed E-state index contributed by atoms with van der Waals surface area (Å²) in [5.74, 6) is -2.02. The van der Waals surface area contributed by atoms with E-state index in [9.17, 15) is 14.4 Å². The van der Waals surface area contributed by atoms with Gasteiger partial charge in [-0.1, -0.05) is 192 Å². The molecule has 0 aromatic carbocycles. The van der Waals surface area contributed by atoms with Crippen LogP contribution in [-0.2, 0) is 50.3 Å². The molecule has 3 aliphatic rings. The van der Waals surface area contributed by atoms with E-state index in [0.717, 1.165) is 77.0 Å². The summed E-state index contributed by atoms with van der Waals surface area (Å²) in [6, 6.07) is 0. The molecule has 6 atom stereocenters. The molecule has 3 fully saturated rings. The molecular weight excluding hydrogens is 892 g/mol. The van der Waals surface area contributed by atoms with Gasteiger partial charge in [-0.05, 0) is 90.9 Å². The number of carboxylic acid groups (broad SMARTS) is 3. The van der Waals surface area contributed by atoms with Crippen molar-refractivity contribution in [2.45, 2.75) is 308 Å². The summed E-state index contributed by atoms with van der Waals surface area (Å²) >= 11 is 0. The van der Waals surface area contributed by atoms with E-state index >= 15 is 0 Å². The van der Waals surface area contributed by atoms with E-state index in [0.29, 0.717) is 55.9 Å². The molecule has 0 spiro atoms. The van der Waals surface area contributed by atoms with E-state index in [1.807, 2.05) is 0 Å². The molecule has 0 bridgehead atoms. The van der Waals surface area contributed by atoms with Crippen LogP contribution < -0.4 is 0 Å². The SMILES string of the molecule is CC(C)O.CCCCCCC1OC1C=CCCCCCCCC(=O)O.CCCCCCC1OC1C=CCCCCCCCC(=O)O.CCCCCCC1OC1C=CCCCCCCCC(=O)O.[Ti]. The van der Waals surface area contributed by atoms with Crippen LogP contribution in [-0.4, -0.2) is 81.1 Å². The van der Waals surface area contributed by atoms with Crippen molar-refractivity contribution in [1.29, 1.82) is 0 Å². The van der Waals surface area contributed by atoms with Crippen LogP contribution >= 0.6 is 0 Å². The summed E-state index contributed by atoms with van der Waals surface area (Å²) < 4.78 is 16.9. The van der Waals surface area contributed by atoms with Crippen LogP contribution in [0.1, 0.15) is 266 Å². The third-order valence-corrected chi connectivity index (χ3v) is 12.2. The molecule has 3 aliphatic heterocycles. The summed E-state index contributed by atoms with van der Waals surface area (Å²) in [4.78, 5) is 31.0. The fraction of sp³-hybridized carbons (Fsp3) is 0.842. The molecule has 3 saturated heterocycles. The number of ether oxygens (including phenoxy) is 3. The average Bonchev–Trinajstić information content (AvgIpc) is 4.22. The second-order valence-electron chi connectivity index (χ2n) is 19.4. The van der Waals surface area contributed by atoms with E-state index in [2.05, 4.69) is 57.2 Å². The molecule has 0 aliphatic carbocycles. The van der Waals surface area contributed by atoms with Crippen LogP contribution in [0.25, 0.3) is 0 Å². The summed E-state index contributed by atoms with van der Waals surface area (Å²) in [6.45, 7) is 10.2. The van der Waals surface area contributed by atoms with Gasteiger partial charge in [0, 0.05) is 47.1 Å². The van der Waals surface area contributed by atoms with Gasteiger partial charge in [0.2, 0.25) is 0 Å². The van der Waals surface area contributed by atoms with Crippen molar-refractivity contribution in [3.63, 3.8) is 0 Å². The van der Waals surface area contributed by atoms with Gasteiger partial charge in [-0.15, -0.1) is 0 Å². The molecule has 6 unspecified atom stereocenters. The van der Waals surface area contributed by atoms with Gasteiger partial charge in [-0.2, -0.15) is 0 Å². The van der Waals surface area contributed by atoms with Crippen molar-refractivity contribution in [3.8, 4) is 0 Å². The van der Waals surface area contributed by atoms with Gasteiger partial charge in [0.25, 0.3) is 0 Å². The van der Waals surface area contributed by atoms with Crippen molar-refractivity contribution in [3.05, 3.63) is 36.5 Å². The molecule has 396 valence electrons. The van der Waals surface area contributed by atoms with Crippen LogP contribution in [0.2, 0.25) is 0 Å². The van der Waals surface area contributed by atoms with Crippen LogP contribution in [0, 0.1) is 0 Å². The Labute approximate surface area is 431 Å². The number of rotatable bonds is 42. The summed E-state index contributed by atoms with van der Waals surface area (Å²) in [6.07, 6.45) is 56.1. The summed E-state index contributed by atoms with van der Waals surface area (Å²) in [7, 11) is 0. The van der Waals surface area contributed by atoms with Crippen LogP contribution in [0.3, 0.4) is 0 Å². The monoisotopic (exact) mass is 997 g/mol. The number of aliphatic carboxylic acids is 3. The molecule has 0 aromatic heterocycles. The number of hydrogen-bond donors (Lipinski definition) is 4. The van der Waals surface area contributed by atoms with Gasteiger partial charge in [0.1, 0.15) is 18.3 Å². The molecule has 10 nitrogen and oxygen atoms in total. The van der Waals surface area contributed by atoms with E-state index in [1.54, 1.807) is 13.8 Å². The van der Waals surface area contributed by atoms with Gasteiger partial charge >= 0.3 is 17.9 Å². The maximum Gasteiger partial charge on any atom is 0.303 e. The van der Waals surface area contributed by atoms with Crippen molar-refractivity contribution < 1.29 is 70.7 Å². The topological polar surface area (TPSA) is 170 Å². The van der Waals surface area contributed by atoms with E-state index in [-0.39, 0.29) is 27.8 Å². The van der Waals surface area contributed by atoms with Gasteiger partial charge in [0.15, 0.2) is 0 Å². The zero-order chi connectivity index (χ0) is 49.6. The Morgan fingerprint density at radius 2 is 0.618 bits per heavy atom. The molecule has 0 saturated carbocycles. The standard InChI is InChI=1S/3C18H32O3.C3H8O.Ti/c3*1-2-3-4-10-13-16-17(21-16)14-11-8-6-5-7-9-12-15-18(19)20;1-3(2)4;/h3*11,14,16-17H,2-10,12-13,15H2,1H3,(H,19,20);3-4H,1-2H3;. The quantitative estimate of drug-likeness (QED) is 0.0200. The molecule has 0 amide bonds. The van der Waals surface area contributed by atoms with Crippen LogP contribution in [0.5, 0.6) is 0 Å². The van der Waals surface area contributed by atoms with Gasteiger partial charge < -0.3 is 34.6 Å². The van der Waals surface area contributed by atoms with E-state index in [4.69, 9.17) is 34.6 Å². The van der Waals surface area contributed by atoms with Gasteiger partial charge in [-0.25, -0.2) is 0 Å². The Balaban J connectivity index is 0. The largest absolute Gasteiger partial charge is 0.481 e. The van der Waals surface area contributed by atoms with E-state index < -0.39 is 17.9 Å². The zero-order valence-corrected chi connectivity index (χ0v) is 45.8. The smallest absolute Gasteiger partial charge is 0.303 e. The molecule has 0 aromatic rings. The Morgan fingerprint density at radius 3 is 0.853 bits per heavy atom. The van der Waals surface area contributed by atoms with Crippen molar-refractivity contribution >= 4 is 17.9 Å². The molecule has 3 rings (SSSR count). The average molecular weight is 997 g/mol. The molecule has 3 heterocycles. The first-order chi connectivity index (χ1) is 32.4. The number of carboxylic acids is 3. The van der Waals surface area contributed by atoms with Crippen molar-refractivity contribution in [1.82, 2.24) is 0 Å². The number of hydrogen-bond acceptors (Lipinski definition) is 7. The minimum Gasteiger partial charge on any atom is -0.481 e. The second-order valence-corrected chi connectivity index (χ2v) is 19.4.